The Hall–Kier alpha value is -0.810. The van der Waals surface area contributed by atoms with Crippen molar-refractivity contribution in [2.24, 2.45) is 5.92 Å². The van der Waals surface area contributed by atoms with Crippen molar-refractivity contribution in [2.45, 2.75) is 6.42 Å². The molecule has 0 aromatic heterocycles. The fraction of sp³-hybridized carbons (Fsp3) is 0.417. The summed E-state index contributed by atoms with van der Waals surface area (Å²) in [6, 6.07) is 5.04. The van der Waals surface area contributed by atoms with Gasteiger partial charge >= 0.3 is 0 Å². The molecule has 0 atom stereocenters. The van der Waals surface area contributed by atoms with Crippen LogP contribution in [0.25, 0.3) is 0 Å². The van der Waals surface area contributed by atoms with Gasteiger partial charge in [0, 0.05) is 19.6 Å². The van der Waals surface area contributed by atoms with Gasteiger partial charge in [-0.25, -0.2) is 0 Å². The maximum atomic E-state index is 11.9. The fourth-order valence-corrected chi connectivity index (χ4v) is 2.47. The molecule has 4 nitrogen and oxygen atoms in total. The lowest BCUT2D eigenvalue weighted by Gasteiger charge is -2.10. The molecule has 1 fully saturated rings. The van der Waals surface area contributed by atoms with Crippen molar-refractivity contribution >= 4 is 29.1 Å². The molecule has 3 N–H and O–H groups in total. The number of benzene rings is 1. The van der Waals surface area contributed by atoms with Crippen LogP contribution in [-0.2, 0) is 0 Å². The number of nitrogens with one attached hydrogen (secondary N) is 3. The van der Waals surface area contributed by atoms with Crippen molar-refractivity contribution < 1.29 is 4.79 Å². The molecule has 0 bridgehead atoms. The monoisotopic (exact) mass is 287 g/mol. The number of hydrogen-bond acceptors (Lipinski definition) is 3. The highest BCUT2D eigenvalue weighted by molar-refractivity contribution is 6.39. The number of amides is 1. The summed E-state index contributed by atoms with van der Waals surface area (Å²) < 4.78 is 0. The maximum absolute atomic E-state index is 11.9. The molecule has 2 rings (SSSR count). The van der Waals surface area contributed by atoms with E-state index in [-0.39, 0.29) is 5.91 Å². The van der Waals surface area contributed by atoms with Crippen LogP contribution in [0.4, 0.5) is 0 Å². The van der Waals surface area contributed by atoms with Crippen molar-refractivity contribution in [1.29, 1.82) is 0 Å². The van der Waals surface area contributed by atoms with Crippen molar-refractivity contribution in [2.75, 3.05) is 19.6 Å². The molecule has 1 amide bonds. The maximum Gasteiger partial charge on any atom is 0.254 e. The van der Waals surface area contributed by atoms with Crippen molar-refractivity contribution in [3.8, 4) is 0 Å². The van der Waals surface area contributed by atoms with Crippen LogP contribution in [0, 0.1) is 5.92 Å². The van der Waals surface area contributed by atoms with Gasteiger partial charge in [-0.3, -0.25) is 15.6 Å². The second kappa shape index (κ2) is 6.38. The van der Waals surface area contributed by atoms with Gasteiger partial charge in [0.25, 0.3) is 5.91 Å². The minimum Gasteiger partial charge on any atom is -0.352 e. The van der Waals surface area contributed by atoms with Gasteiger partial charge < -0.3 is 5.32 Å². The summed E-state index contributed by atoms with van der Waals surface area (Å²) in [5.74, 6) is 0.330. The third kappa shape index (κ3) is 3.36. The molecule has 1 aliphatic rings. The quantitative estimate of drug-likeness (QED) is 0.792. The van der Waals surface area contributed by atoms with Crippen LogP contribution in [0.1, 0.15) is 16.8 Å². The molecule has 18 heavy (non-hydrogen) atoms. The summed E-state index contributed by atoms with van der Waals surface area (Å²) >= 11 is 11.9. The average Bonchev–Trinajstić information content (AvgIpc) is 2.82. The smallest absolute Gasteiger partial charge is 0.254 e. The summed E-state index contributed by atoms with van der Waals surface area (Å²) in [5.41, 5.74) is 6.46. The van der Waals surface area contributed by atoms with Gasteiger partial charge in [-0.05, 0) is 24.5 Å². The lowest BCUT2D eigenvalue weighted by molar-refractivity contribution is 0.0952. The van der Waals surface area contributed by atoms with E-state index in [2.05, 4.69) is 16.2 Å². The number of hydrazine groups is 1. The van der Waals surface area contributed by atoms with Crippen LogP contribution in [0.2, 0.25) is 10.0 Å². The van der Waals surface area contributed by atoms with Crippen molar-refractivity contribution in [3.63, 3.8) is 0 Å². The Morgan fingerprint density at radius 3 is 2.50 bits per heavy atom. The average molecular weight is 288 g/mol. The number of hydrogen-bond donors (Lipinski definition) is 3. The van der Waals surface area contributed by atoms with E-state index in [0.29, 0.717) is 28.1 Å². The summed E-state index contributed by atoms with van der Waals surface area (Å²) in [7, 11) is 0. The third-order valence-corrected chi connectivity index (χ3v) is 3.56. The first-order chi connectivity index (χ1) is 8.68. The Kier molecular flexibility index (Phi) is 4.83. The Balaban J connectivity index is 1.87. The van der Waals surface area contributed by atoms with Crippen molar-refractivity contribution in [1.82, 2.24) is 16.2 Å². The topological polar surface area (TPSA) is 53.2 Å². The highest BCUT2D eigenvalue weighted by Crippen LogP contribution is 2.23. The molecule has 0 aliphatic carbocycles. The predicted molar refractivity (Wildman–Crippen MR) is 72.9 cm³/mol. The zero-order chi connectivity index (χ0) is 13.0. The molecule has 0 unspecified atom stereocenters. The highest BCUT2D eigenvalue weighted by Gasteiger charge is 2.16. The normalized spacial score (nSPS) is 15.9. The van der Waals surface area contributed by atoms with Crippen LogP contribution in [0.3, 0.4) is 0 Å². The van der Waals surface area contributed by atoms with Gasteiger partial charge in [0.05, 0.1) is 15.6 Å². The Bertz CT molecular complexity index is 413. The minimum atomic E-state index is -0.218. The summed E-state index contributed by atoms with van der Waals surface area (Å²) in [6.07, 6.45) is 0.924. The van der Waals surface area contributed by atoms with E-state index in [1.54, 1.807) is 18.2 Å². The Labute approximate surface area is 116 Å². The van der Waals surface area contributed by atoms with E-state index >= 15 is 0 Å². The number of carbonyl (C=O) groups excluding carboxylic acids is 1. The molecule has 0 radical (unpaired) electrons. The van der Waals surface area contributed by atoms with Crippen LogP contribution in [0.5, 0.6) is 0 Å². The summed E-state index contributed by atoms with van der Waals surface area (Å²) in [4.78, 5) is 11.9. The van der Waals surface area contributed by atoms with E-state index in [4.69, 9.17) is 23.2 Å². The second-order valence-corrected chi connectivity index (χ2v) is 5.08. The molecule has 0 saturated carbocycles. The molecule has 1 heterocycles. The number of halogens is 2. The van der Waals surface area contributed by atoms with E-state index in [0.717, 1.165) is 19.5 Å². The van der Waals surface area contributed by atoms with E-state index < -0.39 is 0 Å². The van der Waals surface area contributed by atoms with Crippen LogP contribution in [0.15, 0.2) is 18.2 Å². The van der Waals surface area contributed by atoms with Gasteiger partial charge in [-0.1, -0.05) is 29.3 Å². The van der Waals surface area contributed by atoms with Crippen LogP contribution in [-0.4, -0.2) is 25.5 Å². The lowest BCUT2D eigenvalue weighted by atomic mass is 10.1. The SMILES string of the molecule is O=C(NCCC1CNNC1)c1c(Cl)cccc1Cl. The number of carbonyl (C=O) groups is 1. The summed E-state index contributed by atoms with van der Waals surface area (Å²) in [6.45, 7) is 2.49. The molecule has 0 spiro atoms. The Morgan fingerprint density at radius 1 is 1.28 bits per heavy atom. The molecule has 1 aromatic carbocycles. The zero-order valence-electron chi connectivity index (χ0n) is 9.80. The van der Waals surface area contributed by atoms with E-state index in [1.807, 2.05) is 0 Å². The van der Waals surface area contributed by atoms with Crippen LogP contribution < -0.4 is 16.2 Å². The fourth-order valence-electron chi connectivity index (χ4n) is 1.90. The largest absolute Gasteiger partial charge is 0.352 e. The molecule has 1 saturated heterocycles. The van der Waals surface area contributed by atoms with E-state index in [1.165, 1.54) is 0 Å². The van der Waals surface area contributed by atoms with Gasteiger partial charge in [-0.15, -0.1) is 0 Å². The molecular formula is C12H15Cl2N3O. The first-order valence-corrected chi connectivity index (χ1v) is 6.62. The summed E-state index contributed by atoms with van der Waals surface area (Å²) in [5, 5.41) is 3.60. The first kappa shape index (κ1) is 13.6. The predicted octanol–water partition coefficient (Wildman–Crippen LogP) is 1.84. The Morgan fingerprint density at radius 2 is 1.89 bits per heavy atom. The molecule has 6 heteroatoms. The third-order valence-electron chi connectivity index (χ3n) is 2.93. The van der Waals surface area contributed by atoms with Gasteiger partial charge in [0.2, 0.25) is 0 Å². The zero-order valence-corrected chi connectivity index (χ0v) is 11.3. The molecule has 1 aliphatic heterocycles. The highest BCUT2D eigenvalue weighted by atomic mass is 35.5. The second-order valence-electron chi connectivity index (χ2n) is 4.27. The molecular weight excluding hydrogens is 273 g/mol. The van der Waals surface area contributed by atoms with Crippen molar-refractivity contribution in [3.05, 3.63) is 33.8 Å². The lowest BCUT2D eigenvalue weighted by Crippen LogP contribution is -2.27. The number of rotatable bonds is 4. The minimum absolute atomic E-state index is 0.218. The van der Waals surface area contributed by atoms with Gasteiger partial charge in [-0.2, -0.15) is 0 Å². The van der Waals surface area contributed by atoms with Crippen LogP contribution >= 0.6 is 23.2 Å². The first-order valence-electron chi connectivity index (χ1n) is 5.86. The van der Waals surface area contributed by atoms with Gasteiger partial charge in [0.1, 0.15) is 0 Å². The van der Waals surface area contributed by atoms with E-state index in [9.17, 15) is 4.79 Å². The van der Waals surface area contributed by atoms with Gasteiger partial charge in [0.15, 0.2) is 0 Å². The standard InChI is InChI=1S/C12H15Cl2N3O/c13-9-2-1-3-10(14)11(9)12(18)15-5-4-8-6-16-17-7-8/h1-3,8,16-17H,4-7H2,(H,15,18). The molecule has 98 valence electrons. The molecule has 1 aromatic rings.